The van der Waals surface area contributed by atoms with E-state index >= 15 is 0 Å². The van der Waals surface area contributed by atoms with Crippen molar-refractivity contribution in [3.63, 3.8) is 0 Å². The van der Waals surface area contributed by atoms with Crippen LogP contribution in [0.2, 0.25) is 0 Å². The third kappa shape index (κ3) is 4.81. The lowest BCUT2D eigenvalue weighted by atomic mass is 10.1. The topological polar surface area (TPSA) is 73.2 Å². The summed E-state index contributed by atoms with van der Waals surface area (Å²) >= 11 is 0. The summed E-state index contributed by atoms with van der Waals surface area (Å²) in [5.41, 5.74) is 1.75. The molecule has 0 atom stereocenters. The number of rotatable bonds is 8. The van der Waals surface area contributed by atoms with Crippen LogP contribution in [-0.4, -0.2) is 34.6 Å². The van der Waals surface area contributed by atoms with Crippen molar-refractivity contribution in [2.45, 2.75) is 40.2 Å². The molecule has 0 saturated heterocycles. The van der Waals surface area contributed by atoms with E-state index in [1.165, 1.54) is 0 Å². The molecule has 0 saturated carbocycles. The fourth-order valence-corrected chi connectivity index (χ4v) is 2.44. The maximum absolute atomic E-state index is 12.1. The Hall–Kier alpha value is -2.37. The molecule has 1 aromatic carbocycles. The minimum Gasteiger partial charge on any atom is -0.454 e. The highest BCUT2D eigenvalue weighted by atomic mass is 16.5. The first kappa shape index (κ1) is 18.0. The second-order valence-electron chi connectivity index (χ2n) is 6.15. The summed E-state index contributed by atoms with van der Waals surface area (Å²) < 4.78 is 6.93. The normalized spacial score (nSPS) is 11.0. The molecule has 0 aliphatic heterocycles. The van der Waals surface area contributed by atoms with Gasteiger partial charge in [0.2, 0.25) is 0 Å². The van der Waals surface area contributed by atoms with Gasteiger partial charge >= 0.3 is 5.97 Å². The van der Waals surface area contributed by atoms with Crippen LogP contribution in [0, 0.1) is 5.92 Å². The zero-order chi connectivity index (χ0) is 17.5. The predicted octanol–water partition coefficient (Wildman–Crippen LogP) is 2.30. The van der Waals surface area contributed by atoms with Gasteiger partial charge in [0.25, 0.3) is 5.91 Å². The number of benzene rings is 1. The number of imidazole rings is 1. The van der Waals surface area contributed by atoms with Gasteiger partial charge in [-0.25, -0.2) is 4.98 Å². The van der Waals surface area contributed by atoms with Crippen molar-refractivity contribution < 1.29 is 14.3 Å². The van der Waals surface area contributed by atoms with Crippen molar-refractivity contribution in [1.82, 2.24) is 14.9 Å². The van der Waals surface area contributed by atoms with E-state index in [1.807, 2.05) is 35.8 Å². The number of amides is 1. The molecule has 6 nitrogen and oxygen atoms in total. The number of ether oxygens (including phenoxy) is 1. The molecule has 1 aromatic heterocycles. The molecule has 0 aliphatic rings. The van der Waals surface area contributed by atoms with E-state index < -0.39 is 5.97 Å². The Labute approximate surface area is 142 Å². The van der Waals surface area contributed by atoms with Crippen LogP contribution in [0.5, 0.6) is 0 Å². The molecule has 0 bridgehead atoms. The molecule has 0 unspecified atom stereocenters. The second-order valence-corrected chi connectivity index (χ2v) is 6.15. The van der Waals surface area contributed by atoms with Gasteiger partial charge in [0.1, 0.15) is 12.4 Å². The third-order valence-corrected chi connectivity index (χ3v) is 3.75. The Kier molecular flexibility index (Phi) is 6.35. The summed E-state index contributed by atoms with van der Waals surface area (Å²) in [5, 5.41) is 2.75. The number of esters is 1. The average Bonchev–Trinajstić information content (AvgIpc) is 2.90. The molecule has 6 heteroatoms. The van der Waals surface area contributed by atoms with Gasteiger partial charge in [-0.1, -0.05) is 32.9 Å². The highest BCUT2D eigenvalue weighted by molar-refractivity contribution is 5.82. The van der Waals surface area contributed by atoms with E-state index in [-0.39, 0.29) is 19.1 Å². The zero-order valence-corrected chi connectivity index (χ0v) is 14.5. The van der Waals surface area contributed by atoms with Crippen LogP contribution in [0.3, 0.4) is 0 Å². The van der Waals surface area contributed by atoms with Crippen LogP contribution in [0.4, 0.5) is 0 Å². The van der Waals surface area contributed by atoms with Gasteiger partial charge in [0, 0.05) is 13.0 Å². The standard InChI is InChI=1S/C18H25N3O3/c1-4-16-20-14-7-5-6-8-15(14)21(16)11-18(23)24-12-17(22)19-10-9-13(2)3/h5-8,13H,4,9-12H2,1-3H3,(H,19,22). The quantitative estimate of drug-likeness (QED) is 0.753. The van der Waals surface area contributed by atoms with Crippen molar-refractivity contribution in [3.8, 4) is 0 Å². The molecule has 0 aliphatic carbocycles. The smallest absolute Gasteiger partial charge is 0.326 e. The van der Waals surface area contributed by atoms with Crippen molar-refractivity contribution in [3.05, 3.63) is 30.1 Å². The van der Waals surface area contributed by atoms with Crippen LogP contribution < -0.4 is 5.32 Å². The number of nitrogens with zero attached hydrogens (tertiary/aromatic N) is 2. The first-order valence-electron chi connectivity index (χ1n) is 8.37. The third-order valence-electron chi connectivity index (χ3n) is 3.75. The zero-order valence-electron chi connectivity index (χ0n) is 14.5. The number of aryl methyl sites for hydroxylation is 1. The summed E-state index contributed by atoms with van der Waals surface area (Å²) in [6, 6.07) is 7.66. The highest BCUT2D eigenvalue weighted by Crippen LogP contribution is 2.16. The van der Waals surface area contributed by atoms with Gasteiger partial charge in [-0.2, -0.15) is 0 Å². The number of para-hydroxylation sites is 2. The van der Waals surface area contributed by atoms with Gasteiger partial charge < -0.3 is 14.6 Å². The van der Waals surface area contributed by atoms with Gasteiger partial charge in [-0.05, 0) is 24.5 Å². The Bertz CT molecular complexity index is 707. The van der Waals surface area contributed by atoms with Crippen LogP contribution in [0.25, 0.3) is 11.0 Å². The predicted molar refractivity (Wildman–Crippen MR) is 92.5 cm³/mol. The van der Waals surface area contributed by atoms with E-state index in [0.29, 0.717) is 12.5 Å². The first-order chi connectivity index (χ1) is 11.5. The van der Waals surface area contributed by atoms with Gasteiger partial charge in [-0.3, -0.25) is 9.59 Å². The fourth-order valence-electron chi connectivity index (χ4n) is 2.44. The minimum absolute atomic E-state index is 0.0585. The molecule has 0 spiro atoms. The second kappa shape index (κ2) is 8.47. The summed E-state index contributed by atoms with van der Waals surface area (Å²) in [6.45, 7) is 6.58. The fraction of sp³-hybridized carbons (Fsp3) is 0.500. The molecule has 24 heavy (non-hydrogen) atoms. The number of hydrogen-bond acceptors (Lipinski definition) is 4. The molecule has 0 radical (unpaired) electrons. The number of carbonyl (C=O) groups is 2. The number of hydrogen-bond donors (Lipinski definition) is 1. The molecular weight excluding hydrogens is 306 g/mol. The van der Waals surface area contributed by atoms with Crippen molar-refractivity contribution in [2.75, 3.05) is 13.2 Å². The monoisotopic (exact) mass is 331 g/mol. The summed E-state index contributed by atoms with van der Waals surface area (Å²) in [5.74, 6) is 0.645. The van der Waals surface area contributed by atoms with Crippen molar-refractivity contribution in [2.24, 2.45) is 5.92 Å². The number of carbonyl (C=O) groups excluding carboxylic acids is 2. The largest absolute Gasteiger partial charge is 0.454 e. The molecule has 2 rings (SSSR count). The summed E-state index contributed by atoms with van der Waals surface area (Å²) in [4.78, 5) is 28.2. The molecule has 1 N–H and O–H groups in total. The lowest BCUT2D eigenvalue weighted by molar-refractivity contribution is -0.149. The molecule has 130 valence electrons. The van der Waals surface area contributed by atoms with E-state index in [4.69, 9.17) is 4.74 Å². The van der Waals surface area contributed by atoms with Crippen LogP contribution >= 0.6 is 0 Å². The number of nitrogens with one attached hydrogen (secondary N) is 1. The lowest BCUT2D eigenvalue weighted by Gasteiger charge is -2.10. The average molecular weight is 331 g/mol. The molecule has 1 heterocycles. The maximum atomic E-state index is 12.1. The number of fused-ring (bicyclic) bond motifs is 1. The molecule has 2 aromatic rings. The van der Waals surface area contributed by atoms with Crippen LogP contribution in [-0.2, 0) is 27.3 Å². The van der Waals surface area contributed by atoms with Gasteiger partial charge in [-0.15, -0.1) is 0 Å². The van der Waals surface area contributed by atoms with Crippen molar-refractivity contribution in [1.29, 1.82) is 0 Å². The minimum atomic E-state index is -0.438. The van der Waals surface area contributed by atoms with E-state index in [2.05, 4.69) is 24.1 Å². The van der Waals surface area contributed by atoms with Crippen LogP contribution in [0.1, 0.15) is 33.0 Å². The number of aromatic nitrogens is 2. The Morgan fingerprint density at radius 2 is 2.04 bits per heavy atom. The Morgan fingerprint density at radius 1 is 1.29 bits per heavy atom. The summed E-state index contributed by atoms with van der Waals surface area (Å²) in [6.07, 6.45) is 1.62. The van der Waals surface area contributed by atoms with Crippen LogP contribution in [0.15, 0.2) is 24.3 Å². The van der Waals surface area contributed by atoms with Crippen molar-refractivity contribution >= 4 is 22.9 Å². The van der Waals surface area contributed by atoms with E-state index in [0.717, 1.165) is 29.7 Å². The van der Waals surface area contributed by atoms with E-state index in [1.54, 1.807) is 0 Å². The molecule has 1 amide bonds. The Balaban J connectivity index is 1.90. The first-order valence-corrected chi connectivity index (χ1v) is 8.37. The SMILES string of the molecule is CCc1nc2ccccc2n1CC(=O)OCC(=O)NCCC(C)C. The van der Waals surface area contributed by atoms with Gasteiger partial charge in [0.05, 0.1) is 11.0 Å². The van der Waals surface area contributed by atoms with E-state index in [9.17, 15) is 9.59 Å². The molecular formula is C18H25N3O3. The summed E-state index contributed by atoms with van der Waals surface area (Å²) in [7, 11) is 0. The Morgan fingerprint density at radius 3 is 2.75 bits per heavy atom. The maximum Gasteiger partial charge on any atom is 0.326 e. The lowest BCUT2D eigenvalue weighted by Crippen LogP contribution is -2.30. The molecule has 0 fully saturated rings. The highest BCUT2D eigenvalue weighted by Gasteiger charge is 2.14. The van der Waals surface area contributed by atoms with Gasteiger partial charge in [0.15, 0.2) is 6.61 Å².